The molecule has 0 saturated heterocycles. The van der Waals surface area contributed by atoms with Crippen molar-refractivity contribution in [3.8, 4) is 11.3 Å². The third-order valence-electron chi connectivity index (χ3n) is 4.68. The van der Waals surface area contributed by atoms with Gasteiger partial charge in [0, 0.05) is 17.2 Å². The summed E-state index contributed by atoms with van der Waals surface area (Å²) in [5.41, 5.74) is 3.97. The number of hydrogen-bond donors (Lipinski definition) is 0. The lowest BCUT2D eigenvalue weighted by molar-refractivity contribution is 0.329. The summed E-state index contributed by atoms with van der Waals surface area (Å²) in [7, 11) is 0. The molecular weight excluding hydrogens is 242 g/mol. The fourth-order valence-corrected chi connectivity index (χ4v) is 3.46. The molecule has 0 amide bonds. The Labute approximate surface area is 121 Å². The zero-order valence-electron chi connectivity index (χ0n) is 12.2. The Morgan fingerprint density at radius 3 is 2.45 bits per heavy atom. The van der Waals surface area contributed by atoms with Gasteiger partial charge in [-0.3, -0.25) is 4.98 Å². The number of pyridine rings is 1. The van der Waals surface area contributed by atoms with E-state index >= 15 is 0 Å². The van der Waals surface area contributed by atoms with Crippen LogP contribution in [0.15, 0.2) is 60.8 Å². The van der Waals surface area contributed by atoms with Gasteiger partial charge >= 0.3 is 0 Å². The van der Waals surface area contributed by atoms with Crippen molar-refractivity contribution < 1.29 is 0 Å². The second-order valence-electron chi connectivity index (χ2n) is 5.53. The van der Waals surface area contributed by atoms with Gasteiger partial charge in [0.25, 0.3) is 0 Å². The normalized spacial score (nSPS) is 24.4. The number of hydrogen-bond acceptors (Lipinski definition) is 1. The van der Waals surface area contributed by atoms with Crippen LogP contribution in [-0.4, -0.2) is 4.98 Å². The van der Waals surface area contributed by atoms with Crippen LogP contribution in [0.4, 0.5) is 0 Å². The second kappa shape index (κ2) is 5.24. The molecule has 1 aromatic carbocycles. The lowest BCUT2D eigenvalue weighted by atomic mass is 9.59. The maximum atomic E-state index is 4.54. The molecule has 0 fully saturated rings. The van der Waals surface area contributed by atoms with Gasteiger partial charge in [0.15, 0.2) is 0 Å². The minimum atomic E-state index is 0.197. The third kappa shape index (κ3) is 1.89. The Hall–Kier alpha value is -1.89. The topological polar surface area (TPSA) is 12.9 Å². The van der Waals surface area contributed by atoms with E-state index in [2.05, 4.69) is 67.4 Å². The predicted octanol–water partition coefficient (Wildman–Crippen LogP) is 4.99. The van der Waals surface area contributed by atoms with E-state index in [-0.39, 0.29) is 5.41 Å². The lowest BCUT2D eigenvalue weighted by Gasteiger charge is -2.44. The van der Waals surface area contributed by atoms with Gasteiger partial charge in [-0.25, -0.2) is 0 Å². The Morgan fingerprint density at radius 2 is 1.85 bits per heavy atom. The van der Waals surface area contributed by atoms with Gasteiger partial charge in [0.05, 0.1) is 5.69 Å². The zero-order chi connectivity index (χ0) is 14.0. The third-order valence-corrected chi connectivity index (χ3v) is 4.68. The molecule has 1 heteroatoms. The molecule has 20 heavy (non-hydrogen) atoms. The SMILES string of the molecule is CCC1C=CC1(CC)c1ccccc1-c1ccccn1. The van der Waals surface area contributed by atoms with E-state index in [0.717, 1.165) is 12.1 Å². The first-order chi connectivity index (χ1) is 9.81. The summed E-state index contributed by atoms with van der Waals surface area (Å²) in [4.78, 5) is 4.54. The van der Waals surface area contributed by atoms with Gasteiger partial charge in [0.1, 0.15) is 0 Å². The largest absolute Gasteiger partial charge is 0.256 e. The molecule has 0 spiro atoms. The zero-order valence-corrected chi connectivity index (χ0v) is 12.2. The number of rotatable bonds is 4. The van der Waals surface area contributed by atoms with Crippen molar-refractivity contribution in [1.82, 2.24) is 4.98 Å². The lowest BCUT2D eigenvalue weighted by Crippen LogP contribution is -2.38. The highest BCUT2D eigenvalue weighted by molar-refractivity contribution is 5.67. The summed E-state index contributed by atoms with van der Waals surface area (Å²) in [5.74, 6) is 0.650. The van der Waals surface area contributed by atoms with E-state index in [1.165, 1.54) is 17.5 Å². The van der Waals surface area contributed by atoms with Crippen molar-refractivity contribution in [1.29, 1.82) is 0 Å². The molecule has 1 aliphatic carbocycles. The molecule has 2 atom stereocenters. The van der Waals surface area contributed by atoms with E-state index in [1.54, 1.807) is 0 Å². The van der Waals surface area contributed by atoms with Crippen LogP contribution in [0, 0.1) is 5.92 Å². The standard InChI is InChI=1S/C19H21N/c1-3-15-12-13-19(15,4-2)17-10-6-5-9-16(17)18-11-7-8-14-20-18/h5-15H,3-4H2,1-2H3. The Balaban J connectivity index is 2.14. The summed E-state index contributed by atoms with van der Waals surface area (Å²) in [6, 6.07) is 14.9. The number of aromatic nitrogens is 1. The van der Waals surface area contributed by atoms with E-state index in [1.807, 2.05) is 12.3 Å². The van der Waals surface area contributed by atoms with E-state index in [9.17, 15) is 0 Å². The van der Waals surface area contributed by atoms with Gasteiger partial charge in [-0.2, -0.15) is 0 Å². The Kier molecular flexibility index (Phi) is 3.43. The fraction of sp³-hybridized carbons (Fsp3) is 0.316. The van der Waals surface area contributed by atoms with Crippen LogP contribution in [-0.2, 0) is 5.41 Å². The number of benzene rings is 1. The van der Waals surface area contributed by atoms with Gasteiger partial charge in [-0.1, -0.05) is 56.3 Å². The summed E-state index contributed by atoms with van der Waals surface area (Å²) < 4.78 is 0. The molecule has 102 valence electrons. The van der Waals surface area contributed by atoms with Gasteiger partial charge < -0.3 is 0 Å². The first kappa shape index (κ1) is 13.1. The molecular formula is C19H21N. The molecule has 1 aliphatic rings. The number of nitrogens with zero attached hydrogens (tertiary/aromatic N) is 1. The van der Waals surface area contributed by atoms with E-state index < -0.39 is 0 Å². The monoisotopic (exact) mass is 263 g/mol. The van der Waals surface area contributed by atoms with Crippen molar-refractivity contribution in [3.05, 3.63) is 66.4 Å². The fourth-order valence-electron chi connectivity index (χ4n) is 3.46. The molecule has 0 radical (unpaired) electrons. The van der Waals surface area contributed by atoms with Crippen LogP contribution < -0.4 is 0 Å². The average molecular weight is 263 g/mol. The maximum absolute atomic E-state index is 4.54. The molecule has 0 N–H and O–H groups in total. The van der Waals surface area contributed by atoms with Crippen LogP contribution in [0.5, 0.6) is 0 Å². The van der Waals surface area contributed by atoms with E-state index in [0.29, 0.717) is 5.92 Å². The Morgan fingerprint density at radius 1 is 1.05 bits per heavy atom. The maximum Gasteiger partial charge on any atom is 0.0705 e. The van der Waals surface area contributed by atoms with Crippen molar-refractivity contribution >= 4 is 0 Å². The van der Waals surface area contributed by atoms with E-state index in [4.69, 9.17) is 0 Å². The highest BCUT2D eigenvalue weighted by Gasteiger charge is 2.41. The summed E-state index contributed by atoms with van der Waals surface area (Å²) in [5, 5.41) is 0. The first-order valence-electron chi connectivity index (χ1n) is 7.52. The van der Waals surface area contributed by atoms with Crippen LogP contribution in [0.2, 0.25) is 0 Å². The number of allylic oxidation sites excluding steroid dienone is 2. The molecule has 2 aromatic rings. The summed E-state index contributed by atoms with van der Waals surface area (Å²) >= 11 is 0. The van der Waals surface area contributed by atoms with Crippen molar-refractivity contribution in [2.45, 2.75) is 32.1 Å². The van der Waals surface area contributed by atoms with Crippen molar-refractivity contribution in [2.24, 2.45) is 5.92 Å². The predicted molar refractivity (Wildman–Crippen MR) is 84.6 cm³/mol. The van der Waals surface area contributed by atoms with Crippen LogP contribution >= 0.6 is 0 Å². The van der Waals surface area contributed by atoms with Gasteiger partial charge in [-0.05, 0) is 36.5 Å². The van der Waals surface area contributed by atoms with Gasteiger partial charge in [0.2, 0.25) is 0 Å². The quantitative estimate of drug-likeness (QED) is 0.708. The van der Waals surface area contributed by atoms with Gasteiger partial charge in [-0.15, -0.1) is 0 Å². The molecule has 1 aromatic heterocycles. The average Bonchev–Trinajstić information content (AvgIpc) is 2.49. The molecule has 3 rings (SSSR count). The molecule has 1 heterocycles. The first-order valence-corrected chi connectivity index (χ1v) is 7.52. The minimum absolute atomic E-state index is 0.197. The molecule has 0 bridgehead atoms. The highest BCUT2D eigenvalue weighted by atomic mass is 14.7. The minimum Gasteiger partial charge on any atom is -0.256 e. The molecule has 0 saturated carbocycles. The smallest absolute Gasteiger partial charge is 0.0705 e. The molecule has 2 unspecified atom stereocenters. The molecule has 0 aliphatic heterocycles. The van der Waals surface area contributed by atoms with Crippen LogP contribution in [0.3, 0.4) is 0 Å². The van der Waals surface area contributed by atoms with Crippen molar-refractivity contribution in [3.63, 3.8) is 0 Å². The highest BCUT2D eigenvalue weighted by Crippen LogP contribution is 2.49. The van der Waals surface area contributed by atoms with Crippen molar-refractivity contribution in [2.75, 3.05) is 0 Å². The molecule has 1 nitrogen and oxygen atoms in total. The van der Waals surface area contributed by atoms with Crippen LogP contribution in [0.1, 0.15) is 32.3 Å². The Bertz CT molecular complexity index is 615. The summed E-state index contributed by atoms with van der Waals surface area (Å²) in [6.45, 7) is 4.57. The second-order valence-corrected chi connectivity index (χ2v) is 5.53. The summed E-state index contributed by atoms with van der Waals surface area (Å²) in [6.07, 6.45) is 8.97. The van der Waals surface area contributed by atoms with Crippen LogP contribution in [0.25, 0.3) is 11.3 Å².